The number of aliphatic carboxylic acids is 1. The number of carbonyl (C=O) groups is 3. The van der Waals surface area contributed by atoms with Crippen LogP contribution in [-0.4, -0.2) is 53.4 Å². The van der Waals surface area contributed by atoms with E-state index in [2.05, 4.69) is 16.0 Å². The second-order valence-corrected chi connectivity index (χ2v) is 4.01. The first-order chi connectivity index (χ1) is 8.54. The van der Waals surface area contributed by atoms with Crippen LogP contribution in [0.5, 0.6) is 0 Å². The van der Waals surface area contributed by atoms with Gasteiger partial charge in [0.2, 0.25) is 5.91 Å². The van der Waals surface area contributed by atoms with Crippen molar-refractivity contribution >= 4 is 17.9 Å². The highest BCUT2D eigenvalue weighted by molar-refractivity contribution is 5.89. The lowest BCUT2D eigenvalue weighted by Gasteiger charge is -2.23. The zero-order chi connectivity index (χ0) is 13.5. The first-order valence-electron chi connectivity index (χ1n) is 5.73. The van der Waals surface area contributed by atoms with Gasteiger partial charge in [0.1, 0.15) is 12.1 Å². The number of piperidine rings is 1. The first-order valence-corrected chi connectivity index (χ1v) is 5.73. The van der Waals surface area contributed by atoms with Crippen LogP contribution in [0, 0.1) is 0 Å². The van der Waals surface area contributed by atoms with Gasteiger partial charge < -0.3 is 26.2 Å². The molecule has 3 amide bonds. The number of hydrogen-bond donors (Lipinski definition) is 5. The smallest absolute Gasteiger partial charge is 0.326 e. The number of nitrogens with one attached hydrogen (secondary N) is 3. The van der Waals surface area contributed by atoms with Gasteiger partial charge in [0.25, 0.3) is 0 Å². The largest absolute Gasteiger partial charge is 0.480 e. The number of aliphatic hydroxyl groups excluding tert-OH is 1. The Hall–Kier alpha value is -1.83. The van der Waals surface area contributed by atoms with Crippen molar-refractivity contribution in [3.05, 3.63) is 0 Å². The molecule has 1 rings (SSSR count). The molecular weight excluding hydrogens is 242 g/mol. The third kappa shape index (κ3) is 4.21. The Morgan fingerprint density at radius 2 is 2.22 bits per heavy atom. The fourth-order valence-corrected chi connectivity index (χ4v) is 1.65. The maximum atomic E-state index is 11.5. The lowest BCUT2D eigenvalue weighted by Crippen LogP contribution is -2.55. The Bertz CT molecular complexity index is 325. The molecule has 2 atom stereocenters. The molecule has 1 unspecified atom stereocenters. The van der Waals surface area contributed by atoms with Gasteiger partial charge in [-0.3, -0.25) is 4.79 Å². The summed E-state index contributed by atoms with van der Waals surface area (Å²) in [7, 11) is 0. The topological polar surface area (TPSA) is 128 Å². The first kappa shape index (κ1) is 14.2. The molecular formula is C10H17N3O5. The average molecular weight is 259 g/mol. The third-order valence-corrected chi connectivity index (χ3v) is 2.61. The van der Waals surface area contributed by atoms with E-state index in [9.17, 15) is 14.4 Å². The molecule has 0 spiro atoms. The van der Waals surface area contributed by atoms with E-state index in [4.69, 9.17) is 10.2 Å². The number of carboxylic acids is 1. The number of urea groups is 1. The third-order valence-electron chi connectivity index (χ3n) is 2.61. The van der Waals surface area contributed by atoms with Gasteiger partial charge in [-0.2, -0.15) is 0 Å². The van der Waals surface area contributed by atoms with Crippen LogP contribution in [0.4, 0.5) is 4.79 Å². The van der Waals surface area contributed by atoms with Crippen LogP contribution in [0.1, 0.15) is 19.3 Å². The number of carboxylic acid groups (broad SMARTS) is 1. The van der Waals surface area contributed by atoms with Crippen molar-refractivity contribution < 1.29 is 24.6 Å². The molecule has 1 fully saturated rings. The highest BCUT2D eigenvalue weighted by atomic mass is 16.4. The van der Waals surface area contributed by atoms with E-state index in [1.807, 2.05) is 0 Å². The number of aliphatic hydroxyl groups is 1. The normalized spacial score (nSPS) is 20.7. The lowest BCUT2D eigenvalue weighted by molar-refractivity contribution is -0.139. The van der Waals surface area contributed by atoms with Gasteiger partial charge in [-0.15, -0.1) is 0 Å². The van der Waals surface area contributed by atoms with Gasteiger partial charge in [-0.1, -0.05) is 0 Å². The van der Waals surface area contributed by atoms with E-state index in [0.717, 1.165) is 6.42 Å². The molecule has 1 aliphatic rings. The zero-order valence-electron chi connectivity index (χ0n) is 9.81. The van der Waals surface area contributed by atoms with Crippen molar-refractivity contribution in [3.63, 3.8) is 0 Å². The summed E-state index contributed by atoms with van der Waals surface area (Å²) in [5.41, 5.74) is 0. The average Bonchev–Trinajstić information content (AvgIpc) is 2.31. The SMILES string of the molecule is O=C(NC1CCCNC1=O)N[C@H](CCO)C(=O)O. The van der Waals surface area contributed by atoms with Gasteiger partial charge in [-0.05, 0) is 12.8 Å². The Morgan fingerprint density at radius 1 is 1.50 bits per heavy atom. The van der Waals surface area contributed by atoms with Gasteiger partial charge in [0.15, 0.2) is 0 Å². The number of amides is 3. The molecule has 1 aliphatic heterocycles. The number of hydrogen-bond acceptors (Lipinski definition) is 4. The summed E-state index contributed by atoms with van der Waals surface area (Å²) in [6, 6.07) is -2.53. The molecule has 0 radical (unpaired) electrons. The monoisotopic (exact) mass is 259 g/mol. The molecule has 1 heterocycles. The predicted molar refractivity (Wildman–Crippen MR) is 60.8 cm³/mol. The molecule has 5 N–H and O–H groups in total. The summed E-state index contributed by atoms with van der Waals surface area (Å²) in [4.78, 5) is 33.6. The maximum Gasteiger partial charge on any atom is 0.326 e. The minimum Gasteiger partial charge on any atom is -0.480 e. The van der Waals surface area contributed by atoms with E-state index in [1.54, 1.807) is 0 Å². The van der Waals surface area contributed by atoms with Crippen molar-refractivity contribution in [3.8, 4) is 0 Å². The Balaban J connectivity index is 2.44. The fraction of sp³-hybridized carbons (Fsp3) is 0.700. The van der Waals surface area contributed by atoms with Crippen LogP contribution < -0.4 is 16.0 Å². The van der Waals surface area contributed by atoms with Crippen LogP contribution in [0.15, 0.2) is 0 Å². The van der Waals surface area contributed by atoms with Crippen LogP contribution in [0.3, 0.4) is 0 Å². The Labute approximate surface area is 104 Å². The molecule has 0 aromatic rings. The van der Waals surface area contributed by atoms with Crippen molar-refractivity contribution in [1.29, 1.82) is 0 Å². The van der Waals surface area contributed by atoms with Crippen molar-refractivity contribution in [2.45, 2.75) is 31.3 Å². The van der Waals surface area contributed by atoms with Crippen LogP contribution in [0.25, 0.3) is 0 Å². The molecule has 0 bridgehead atoms. The molecule has 0 saturated carbocycles. The van der Waals surface area contributed by atoms with Gasteiger partial charge in [-0.25, -0.2) is 9.59 Å². The highest BCUT2D eigenvalue weighted by Crippen LogP contribution is 2.02. The quantitative estimate of drug-likeness (QED) is 0.406. The minimum absolute atomic E-state index is 0.0837. The van der Waals surface area contributed by atoms with Crippen LogP contribution >= 0.6 is 0 Å². The maximum absolute atomic E-state index is 11.5. The van der Waals surface area contributed by atoms with Crippen molar-refractivity contribution in [1.82, 2.24) is 16.0 Å². The summed E-state index contributed by atoms with van der Waals surface area (Å²) in [5, 5.41) is 24.6. The fourth-order valence-electron chi connectivity index (χ4n) is 1.65. The molecule has 0 aliphatic carbocycles. The standard InChI is InChI=1S/C10H17N3O5/c14-5-3-7(9(16)17)13-10(18)12-6-2-1-4-11-8(6)15/h6-7,14H,1-5H2,(H,11,15)(H,16,17)(H2,12,13,18)/t6?,7-/m1/s1. The van der Waals surface area contributed by atoms with Gasteiger partial charge in [0, 0.05) is 19.6 Å². The molecule has 0 aromatic carbocycles. The van der Waals surface area contributed by atoms with E-state index < -0.39 is 24.1 Å². The summed E-state index contributed by atoms with van der Waals surface area (Å²) in [5.74, 6) is -1.50. The van der Waals surface area contributed by atoms with E-state index in [-0.39, 0.29) is 18.9 Å². The summed E-state index contributed by atoms with van der Waals surface area (Å²) < 4.78 is 0. The van der Waals surface area contributed by atoms with Gasteiger partial charge in [0.05, 0.1) is 0 Å². The van der Waals surface area contributed by atoms with E-state index in [0.29, 0.717) is 13.0 Å². The lowest BCUT2D eigenvalue weighted by atomic mass is 10.1. The second-order valence-electron chi connectivity index (χ2n) is 4.01. The molecule has 8 nitrogen and oxygen atoms in total. The summed E-state index contributed by atoms with van der Waals surface area (Å²) in [6.45, 7) is 0.238. The molecule has 0 aromatic heterocycles. The molecule has 18 heavy (non-hydrogen) atoms. The second kappa shape index (κ2) is 6.80. The minimum atomic E-state index is -1.23. The predicted octanol–water partition coefficient (Wildman–Crippen LogP) is -1.60. The summed E-state index contributed by atoms with van der Waals surface area (Å²) in [6.07, 6.45) is 1.20. The summed E-state index contributed by atoms with van der Waals surface area (Å²) >= 11 is 0. The van der Waals surface area contributed by atoms with E-state index >= 15 is 0 Å². The Morgan fingerprint density at radius 3 is 2.78 bits per heavy atom. The van der Waals surface area contributed by atoms with Crippen molar-refractivity contribution in [2.75, 3.05) is 13.2 Å². The molecule has 102 valence electrons. The van der Waals surface area contributed by atoms with E-state index in [1.165, 1.54) is 0 Å². The number of carbonyl (C=O) groups excluding carboxylic acids is 2. The highest BCUT2D eigenvalue weighted by Gasteiger charge is 2.25. The molecule has 8 heteroatoms. The van der Waals surface area contributed by atoms with Gasteiger partial charge >= 0.3 is 12.0 Å². The van der Waals surface area contributed by atoms with Crippen LogP contribution in [0.2, 0.25) is 0 Å². The van der Waals surface area contributed by atoms with Crippen LogP contribution in [-0.2, 0) is 9.59 Å². The zero-order valence-corrected chi connectivity index (χ0v) is 9.81. The molecule has 1 saturated heterocycles. The Kier molecular flexibility index (Phi) is 5.37. The number of rotatable bonds is 5. The van der Waals surface area contributed by atoms with Crippen molar-refractivity contribution in [2.24, 2.45) is 0 Å².